The molecule has 0 radical (unpaired) electrons. The first-order valence-electron chi connectivity index (χ1n) is 1.94. The Bertz CT molecular complexity index is 79.3. The Morgan fingerprint density at radius 2 is 0.900 bits per heavy atom. The van der Waals surface area contributed by atoms with Crippen LogP contribution in [0.5, 0.6) is 0 Å². The van der Waals surface area contributed by atoms with Gasteiger partial charge in [-0.2, -0.15) is 0 Å². The number of carbonyl (C=O) groups excluding carboxylic acids is 2. The molecule has 6 nitrogen and oxygen atoms in total. The number of hydrogen-bond donors (Lipinski definition) is 4. The van der Waals surface area contributed by atoms with Gasteiger partial charge in [-0.05, 0) is 0 Å². The highest BCUT2D eigenvalue weighted by molar-refractivity contribution is 5.96. The van der Waals surface area contributed by atoms with Gasteiger partial charge in [0.25, 0.3) is 0 Å². The molecule has 4 amide bonds. The fourth-order valence-corrected chi connectivity index (χ4v) is 0. The molecule has 0 saturated carbocycles. The molecule has 0 aromatic heterocycles. The van der Waals surface area contributed by atoms with Gasteiger partial charge in [0.1, 0.15) is 0 Å². The molecule has 0 aliphatic carbocycles. The van der Waals surface area contributed by atoms with E-state index in [1.54, 1.807) is 0 Å². The van der Waals surface area contributed by atoms with E-state index in [1.807, 2.05) is 0 Å². The van der Waals surface area contributed by atoms with Crippen LogP contribution in [0.25, 0.3) is 0 Å². The van der Waals surface area contributed by atoms with Crippen molar-refractivity contribution in [3.8, 4) is 0 Å². The molecule has 62 valence electrons. The number of halogens is 1. The number of nitrogens with two attached hydrogens (primary N) is 4. The maximum atomic E-state index is 9.64. The van der Waals surface area contributed by atoms with E-state index in [-0.39, 0.29) is 10.6 Å². The molecule has 0 spiro atoms. The van der Waals surface area contributed by atoms with Gasteiger partial charge in [-0.1, -0.05) is 0 Å². The minimum absolute atomic E-state index is 0.194. The van der Waals surface area contributed by atoms with Crippen molar-refractivity contribution in [2.75, 3.05) is 0 Å². The summed E-state index contributed by atoms with van der Waals surface area (Å²) in [5, 5.41) is 0. The van der Waals surface area contributed by atoms with Gasteiger partial charge in [-0.3, -0.25) is 0 Å². The number of hydrogen-bond acceptors (Lipinski definition) is 2. The number of amides is 4. The second kappa shape index (κ2) is 15.6. The topological polar surface area (TPSA) is 138 Å². The van der Waals surface area contributed by atoms with Crippen LogP contribution in [0.15, 0.2) is 0 Å². The molecule has 0 rings (SSSR count). The third kappa shape index (κ3) is 125. The highest BCUT2D eigenvalue weighted by Gasteiger charge is 1.61. The molecule has 8 N–H and O–H groups in total. The van der Waals surface area contributed by atoms with Crippen LogP contribution < -0.4 is 22.9 Å². The lowest BCUT2D eigenvalue weighted by atomic mass is 11.2. The van der Waals surface area contributed by atoms with Gasteiger partial charge in [0.2, 0.25) is 10.6 Å². The molecule has 0 heterocycles. The second-order valence-corrected chi connectivity index (χ2v) is 0.805. The van der Waals surface area contributed by atoms with E-state index in [0.717, 1.165) is 0 Å². The summed E-state index contributed by atoms with van der Waals surface area (Å²) in [6.45, 7) is 0. The summed E-state index contributed by atoms with van der Waals surface area (Å²) >= 11 is 0. The predicted molar refractivity (Wildman–Crippen MR) is 38.6 cm³/mol. The third-order valence-electron chi connectivity index (χ3n) is 0. The van der Waals surface area contributed by atoms with E-state index in [4.69, 9.17) is 9.59 Å². The molecule has 0 aromatic rings. The molecule has 10 heavy (non-hydrogen) atoms. The van der Waals surface area contributed by atoms with Crippen molar-refractivity contribution in [2.24, 2.45) is 22.9 Å². The Balaban J connectivity index is -0.0000000787. The van der Waals surface area contributed by atoms with Crippen LogP contribution in [-0.2, 0) is 0 Å². The maximum absolute atomic E-state index is 9.64. The van der Waals surface area contributed by atoms with Crippen LogP contribution in [0.2, 0.25) is 0 Å². The van der Waals surface area contributed by atoms with Crippen LogP contribution in [0, 0.1) is 0 Å². The first-order valence-corrected chi connectivity index (χ1v) is 2.70. The molecule has 0 aliphatic rings. The van der Waals surface area contributed by atoms with Gasteiger partial charge >= 0.3 is 12.1 Å². The lowest BCUT2D eigenvalue weighted by Crippen LogP contribution is -2.18. The molecule has 0 unspecified atom stereocenters. The monoisotopic (exact) mass is 170 g/mol. The molecular formula is C2H11FN4O2Si. The average molecular weight is 170 g/mol. The fraction of sp³-hybridized carbons (Fsp3) is 0. The van der Waals surface area contributed by atoms with Crippen molar-refractivity contribution in [3.05, 3.63) is 0 Å². The van der Waals surface area contributed by atoms with Gasteiger partial charge in [0, 0.05) is 0 Å². The van der Waals surface area contributed by atoms with Crippen LogP contribution in [0.3, 0.4) is 0 Å². The highest BCUT2D eigenvalue weighted by Crippen LogP contribution is 1.26. The van der Waals surface area contributed by atoms with Crippen molar-refractivity contribution in [2.45, 2.75) is 0 Å². The summed E-state index contributed by atoms with van der Waals surface area (Å²) < 4.78 is 9.64. The SMILES string of the molecule is F[SiH3].NC(N)=O.NC(N)=O. The number of carbonyl (C=O) groups is 2. The minimum atomic E-state index is -0.833. The summed E-state index contributed by atoms with van der Waals surface area (Å²) in [5.41, 5.74) is 17.0. The van der Waals surface area contributed by atoms with Crippen molar-refractivity contribution < 1.29 is 13.7 Å². The van der Waals surface area contributed by atoms with Gasteiger partial charge in [-0.25, -0.2) is 9.59 Å². The summed E-state index contributed by atoms with van der Waals surface area (Å²) in [6, 6.07) is -1.67. The number of urea groups is 2. The first kappa shape index (κ1) is 15.9. The van der Waals surface area contributed by atoms with Crippen molar-refractivity contribution in [1.29, 1.82) is 0 Å². The Morgan fingerprint density at radius 3 is 0.900 bits per heavy atom. The lowest BCUT2D eigenvalue weighted by molar-refractivity contribution is 0.255. The van der Waals surface area contributed by atoms with Crippen molar-refractivity contribution in [3.63, 3.8) is 0 Å². The van der Waals surface area contributed by atoms with Crippen LogP contribution >= 0.6 is 0 Å². The van der Waals surface area contributed by atoms with Gasteiger partial charge in [0.15, 0.2) is 0 Å². The molecule has 0 bridgehead atoms. The molecule has 0 atom stereocenters. The minimum Gasteiger partial charge on any atom is -0.352 e. The normalized spacial score (nSPS) is 5.70. The van der Waals surface area contributed by atoms with E-state index in [1.165, 1.54) is 0 Å². The largest absolute Gasteiger partial charge is 0.352 e. The molecule has 0 aliphatic heterocycles. The average Bonchev–Trinajstić information content (AvgIpc) is 1.66. The summed E-state index contributed by atoms with van der Waals surface area (Å²) in [4.78, 5) is 18.0. The second-order valence-electron chi connectivity index (χ2n) is 0.805. The van der Waals surface area contributed by atoms with E-state index in [2.05, 4.69) is 22.9 Å². The maximum Gasteiger partial charge on any atom is 0.309 e. The molecule has 8 heteroatoms. The first-order chi connectivity index (χ1) is 4.46. The molecule has 0 saturated heterocycles. The highest BCUT2D eigenvalue weighted by atomic mass is 28.2. The quantitative estimate of drug-likeness (QED) is 0.232. The lowest BCUT2D eigenvalue weighted by Gasteiger charge is -1.62. The summed E-state index contributed by atoms with van der Waals surface area (Å²) in [5.74, 6) is 0. The Hall–Kier alpha value is -1.31. The smallest absolute Gasteiger partial charge is 0.309 e. The molecule has 0 aromatic carbocycles. The number of primary amides is 4. The summed E-state index contributed by atoms with van der Waals surface area (Å²) in [7, 11) is -0.194. The van der Waals surface area contributed by atoms with Gasteiger partial charge in [0.05, 0.1) is 0 Å². The van der Waals surface area contributed by atoms with Gasteiger partial charge in [-0.15, -0.1) is 0 Å². The fourth-order valence-electron chi connectivity index (χ4n) is 0. The zero-order valence-corrected chi connectivity index (χ0v) is 7.50. The standard InChI is InChI=1S/2CH4N2O.FH3Si/c2*2-1(3)4;1-2/h2*(H4,2,3,4);2H3. The zero-order valence-electron chi connectivity index (χ0n) is 5.50. The van der Waals surface area contributed by atoms with E-state index >= 15 is 0 Å². The van der Waals surface area contributed by atoms with E-state index in [9.17, 15) is 4.11 Å². The Kier molecular flexibility index (Phi) is 24.8. The van der Waals surface area contributed by atoms with Crippen molar-refractivity contribution >= 4 is 22.6 Å². The van der Waals surface area contributed by atoms with Crippen LogP contribution in [0.1, 0.15) is 0 Å². The third-order valence-corrected chi connectivity index (χ3v) is 0. The van der Waals surface area contributed by atoms with E-state index in [0.29, 0.717) is 0 Å². The predicted octanol–water partition coefficient (Wildman–Crippen LogP) is -2.72. The summed E-state index contributed by atoms with van der Waals surface area (Å²) in [6.07, 6.45) is 0. The van der Waals surface area contributed by atoms with E-state index < -0.39 is 12.1 Å². The van der Waals surface area contributed by atoms with Crippen LogP contribution in [0.4, 0.5) is 13.7 Å². The van der Waals surface area contributed by atoms with Crippen molar-refractivity contribution in [1.82, 2.24) is 0 Å². The zero-order chi connectivity index (χ0) is 9.15. The molecular weight excluding hydrogens is 159 g/mol. The van der Waals surface area contributed by atoms with Crippen LogP contribution in [-0.4, -0.2) is 22.6 Å². The number of rotatable bonds is 0. The molecule has 0 fully saturated rings. The Labute approximate surface area is 60.3 Å². The van der Waals surface area contributed by atoms with Gasteiger partial charge < -0.3 is 27.0 Å². The Morgan fingerprint density at radius 1 is 0.900 bits per heavy atom.